The quantitative estimate of drug-likeness (QED) is 0.0347. The largest absolute Gasteiger partial charge is 0.497 e. The second kappa shape index (κ2) is 21.4. The number of ether oxygens (including phenoxy) is 6. The molecule has 0 saturated carbocycles. The van der Waals surface area contributed by atoms with E-state index in [1.807, 2.05) is 22.6 Å². The molecule has 2 N–H and O–H groups in total. The lowest BCUT2D eigenvalue weighted by molar-refractivity contribution is -0.169. The molecule has 5 rings (SSSR count). The number of nitrogens with zero attached hydrogens (tertiary/aromatic N) is 3. The second-order valence-electron chi connectivity index (χ2n) is 16.0. The summed E-state index contributed by atoms with van der Waals surface area (Å²) < 4.78 is 46.0. The lowest BCUT2D eigenvalue weighted by atomic mass is 10.0. The van der Waals surface area contributed by atoms with E-state index < -0.39 is 87.5 Å². The number of fused-ring (bicyclic) bond motifs is 1. The fourth-order valence-corrected chi connectivity index (χ4v) is 9.28. The maximum Gasteiger partial charge on any atom is 0.413 e. The van der Waals surface area contributed by atoms with E-state index in [1.54, 1.807) is 90.1 Å². The predicted molar refractivity (Wildman–Crippen MR) is 241 cm³/mol. The fraction of sp³-hybridized carbons (Fsp3) is 0.429. The van der Waals surface area contributed by atoms with Gasteiger partial charge in [-0.1, -0.05) is 52.0 Å². The van der Waals surface area contributed by atoms with E-state index in [0.717, 1.165) is 16.2 Å². The number of carbonyl (C=O) groups is 6. The minimum Gasteiger partial charge on any atom is -0.497 e. The summed E-state index contributed by atoms with van der Waals surface area (Å²) in [5.41, 5.74) is -1.01. The van der Waals surface area contributed by atoms with Crippen LogP contribution in [0.5, 0.6) is 11.5 Å². The van der Waals surface area contributed by atoms with Crippen LogP contribution in [0.2, 0.25) is 0 Å². The number of thiazole rings is 1. The summed E-state index contributed by atoms with van der Waals surface area (Å²) in [6, 6.07) is 12.1. The first-order valence-corrected chi connectivity index (χ1v) is 23.3. The molecular weight excluding hydrogens is 990 g/mol. The first-order valence-electron chi connectivity index (χ1n) is 19.5. The molecule has 0 bridgehead atoms. The van der Waals surface area contributed by atoms with Crippen LogP contribution in [-0.4, -0.2) is 109 Å². The van der Waals surface area contributed by atoms with E-state index in [4.69, 9.17) is 33.3 Å². The number of oxime groups is 1. The van der Waals surface area contributed by atoms with Gasteiger partial charge in [0.05, 0.1) is 37.2 Å². The first kappa shape index (κ1) is 49.4. The van der Waals surface area contributed by atoms with Crippen LogP contribution in [-0.2, 0) is 71.8 Å². The summed E-state index contributed by atoms with van der Waals surface area (Å²) in [6.07, 6.45) is -3.30. The number of esters is 3. The number of anilines is 1. The third-order valence-electron chi connectivity index (χ3n) is 8.79. The molecule has 344 valence electrons. The molecule has 2 aromatic carbocycles. The van der Waals surface area contributed by atoms with Crippen molar-refractivity contribution >= 4 is 91.4 Å². The van der Waals surface area contributed by atoms with Crippen LogP contribution in [0.1, 0.15) is 64.8 Å². The number of alkyl halides is 1. The van der Waals surface area contributed by atoms with Gasteiger partial charge in [0.1, 0.15) is 58.7 Å². The van der Waals surface area contributed by atoms with Gasteiger partial charge in [-0.3, -0.25) is 28.8 Å². The Bertz CT molecular complexity index is 2320. The molecule has 3 heterocycles. The van der Waals surface area contributed by atoms with Gasteiger partial charge in [0.25, 0.3) is 11.8 Å². The predicted octanol–water partition coefficient (Wildman–Crippen LogP) is 4.92. The van der Waals surface area contributed by atoms with E-state index in [2.05, 4.69) is 20.8 Å². The van der Waals surface area contributed by atoms with Crippen molar-refractivity contribution in [1.29, 1.82) is 0 Å². The molecule has 0 unspecified atom stereocenters. The summed E-state index contributed by atoms with van der Waals surface area (Å²) in [5.74, 6) is -3.46. The van der Waals surface area contributed by atoms with Gasteiger partial charge in [-0.05, 0) is 82.5 Å². The Kier molecular flexibility index (Phi) is 16.5. The van der Waals surface area contributed by atoms with Gasteiger partial charge in [-0.15, -0.1) is 11.3 Å². The summed E-state index contributed by atoms with van der Waals surface area (Å²) >= 11 is 2.88. The minimum atomic E-state index is -1.79. The lowest BCUT2D eigenvalue weighted by Crippen LogP contribution is -2.74. The number of hydrogen-bond donors (Lipinski definition) is 2. The SMILES string of the molecule is COc1ccc(COC(=O)C2=C(CI)C[S@@](=O)[C@@H]3[C@H](NC(=O)/C(=N/O[C@@H](CC(=O)OC(C)(C)C)C(=O)OCc4ccc(OC)cc4)c4csc(NC(=O)OC(C)(C)C)n4)C(=O)N23)cc1. The standard InChI is InChI=1S/C42H48IN5O14S2/c1-41(2,3)60-30(49)17-29(37(52)58-19-23-9-13-26(56-7)14-10-23)62-47-31(28-21-63-39(44-28)46-40(54)61-42(4,5)6)34(50)45-32-35(51)48-33(25(18-43)22-64(55)36(32)48)38(53)59-20-24-11-15-27(57-8)16-12-24/h9-16,21,29,32,36H,17-20,22H2,1-8H3,(H,45,50)(H,44,46,54)/b47-31+/t29-,32+,36+,64+/m0/s1. The molecule has 19 nitrogen and oxygen atoms in total. The zero-order valence-electron chi connectivity index (χ0n) is 36.2. The van der Waals surface area contributed by atoms with Gasteiger partial charge in [0.2, 0.25) is 6.10 Å². The molecule has 2 aliphatic heterocycles. The van der Waals surface area contributed by atoms with Gasteiger partial charge in [-0.25, -0.2) is 19.4 Å². The highest BCUT2D eigenvalue weighted by molar-refractivity contribution is 14.1. The zero-order valence-corrected chi connectivity index (χ0v) is 40.0. The Morgan fingerprint density at radius 2 is 1.48 bits per heavy atom. The molecule has 0 radical (unpaired) electrons. The molecule has 1 aromatic heterocycles. The molecule has 64 heavy (non-hydrogen) atoms. The number of nitrogens with one attached hydrogen (secondary N) is 2. The van der Waals surface area contributed by atoms with Gasteiger partial charge in [-0.2, -0.15) is 0 Å². The van der Waals surface area contributed by atoms with E-state index in [1.165, 1.54) is 19.6 Å². The molecule has 0 aliphatic carbocycles. The van der Waals surface area contributed by atoms with Crippen LogP contribution in [0.15, 0.2) is 70.3 Å². The molecule has 22 heteroatoms. The van der Waals surface area contributed by atoms with Crippen molar-refractivity contribution in [3.63, 3.8) is 0 Å². The van der Waals surface area contributed by atoms with Crippen molar-refractivity contribution in [2.75, 3.05) is 29.7 Å². The number of benzene rings is 2. The number of aromatic nitrogens is 1. The van der Waals surface area contributed by atoms with Gasteiger partial charge in [0.15, 0.2) is 10.8 Å². The number of carbonyl (C=O) groups excluding carboxylic acids is 6. The number of hydrogen-bond acceptors (Lipinski definition) is 17. The van der Waals surface area contributed by atoms with Crippen LogP contribution in [0.3, 0.4) is 0 Å². The third kappa shape index (κ3) is 13.2. The average Bonchev–Trinajstić information content (AvgIpc) is 3.69. The normalized spacial score (nSPS) is 17.8. The van der Waals surface area contributed by atoms with E-state index >= 15 is 0 Å². The monoisotopic (exact) mass is 1040 g/mol. The fourth-order valence-electron chi connectivity index (χ4n) is 5.91. The van der Waals surface area contributed by atoms with Crippen molar-refractivity contribution in [2.24, 2.45) is 5.16 Å². The van der Waals surface area contributed by atoms with Gasteiger partial charge >= 0.3 is 24.0 Å². The van der Waals surface area contributed by atoms with Crippen molar-refractivity contribution in [2.45, 2.75) is 89.9 Å². The van der Waals surface area contributed by atoms with Gasteiger partial charge in [0, 0.05) is 9.81 Å². The van der Waals surface area contributed by atoms with Crippen LogP contribution >= 0.6 is 33.9 Å². The second-order valence-corrected chi connectivity index (χ2v) is 19.2. The van der Waals surface area contributed by atoms with Crippen molar-refractivity contribution < 1.29 is 66.2 Å². The zero-order chi connectivity index (χ0) is 46.9. The smallest absolute Gasteiger partial charge is 0.413 e. The lowest BCUT2D eigenvalue weighted by Gasteiger charge is -2.49. The third-order valence-corrected chi connectivity index (χ3v) is 12.1. The molecule has 4 atom stereocenters. The highest BCUT2D eigenvalue weighted by Crippen LogP contribution is 2.36. The summed E-state index contributed by atoms with van der Waals surface area (Å²) in [4.78, 5) is 91.6. The summed E-state index contributed by atoms with van der Waals surface area (Å²) in [5, 5.41) is 9.10. The molecule has 2 aliphatic rings. The number of amides is 3. The first-order chi connectivity index (χ1) is 30.2. The van der Waals surface area contributed by atoms with Crippen LogP contribution in [0.25, 0.3) is 0 Å². The van der Waals surface area contributed by atoms with E-state index in [-0.39, 0.29) is 39.9 Å². The summed E-state index contributed by atoms with van der Waals surface area (Å²) in [6.45, 7) is 9.52. The Morgan fingerprint density at radius 3 is 2.03 bits per heavy atom. The maximum atomic E-state index is 14.2. The topological polar surface area (TPSA) is 237 Å². The molecule has 3 amide bonds. The highest BCUT2D eigenvalue weighted by atomic mass is 127. The molecule has 1 saturated heterocycles. The minimum absolute atomic E-state index is 0.0255. The molecule has 1 fully saturated rings. The van der Waals surface area contributed by atoms with Crippen molar-refractivity contribution in [3.8, 4) is 11.5 Å². The van der Waals surface area contributed by atoms with Crippen LogP contribution in [0.4, 0.5) is 9.93 Å². The Hall–Kier alpha value is -5.62. The number of halogens is 1. The summed E-state index contributed by atoms with van der Waals surface area (Å²) in [7, 11) is 1.24. The Morgan fingerprint density at radius 1 is 0.906 bits per heavy atom. The van der Waals surface area contributed by atoms with E-state index in [0.29, 0.717) is 28.2 Å². The molecular formula is C42H48IN5O14S2. The van der Waals surface area contributed by atoms with Crippen LogP contribution < -0.4 is 20.1 Å². The number of methoxy groups -OCH3 is 2. The van der Waals surface area contributed by atoms with Gasteiger partial charge < -0.3 is 38.6 Å². The van der Waals surface area contributed by atoms with E-state index in [9.17, 15) is 33.0 Å². The molecule has 3 aromatic rings. The highest BCUT2D eigenvalue weighted by Gasteiger charge is 2.57. The Labute approximate surface area is 389 Å². The number of rotatable bonds is 17. The Balaban J connectivity index is 1.41. The van der Waals surface area contributed by atoms with Crippen LogP contribution in [0, 0.1) is 0 Å². The molecule has 0 spiro atoms. The average molecular weight is 1040 g/mol. The van der Waals surface area contributed by atoms with Crippen molar-refractivity contribution in [1.82, 2.24) is 15.2 Å². The number of β-lactam (4-membered cyclic amide) rings is 1. The van der Waals surface area contributed by atoms with Crippen molar-refractivity contribution in [3.05, 3.63) is 82.0 Å². The maximum absolute atomic E-state index is 14.2.